The number of morpholine rings is 1. The number of nitro benzene ring substituents is 1. The van der Waals surface area contributed by atoms with Gasteiger partial charge >= 0.3 is 0 Å². The second-order valence-electron chi connectivity index (χ2n) is 6.91. The lowest BCUT2D eigenvalue weighted by Gasteiger charge is -2.28. The van der Waals surface area contributed by atoms with Gasteiger partial charge in [0, 0.05) is 38.3 Å². The van der Waals surface area contributed by atoms with Crippen molar-refractivity contribution in [3.8, 4) is 11.5 Å². The molecule has 9 heteroatoms. The number of fused-ring (bicyclic) bond motifs is 1. The summed E-state index contributed by atoms with van der Waals surface area (Å²) in [5.74, 6) is 1.03. The van der Waals surface area contributed by atoms with E-state index < -0.39 is 4.92 Å². The average Bonchev–Trinajstić information content (AvgIpc) is 3.21. The number of hydrogen-bond acceptors (Lipinski definition) is 7. The molecule has 0 bridgehead atoms. The maximum atomic E-state index is 12.9. The molecule has 1 amide bonds. The Labute approximate surface area is 167 Å². The fraction of sp³-hybridized carbons (Fsp3) is 0.350. The predicted molar refractivity (Wildman–Crippen MR) is 104 cm³/mol. The molecule has 0 radical (unpaired) electrons. The Bertz CT molecular complexity index is 942. The van der Waals surface area contributed by atoms with Gasteiger partial charge in [-0.05, 0) is 29.8 Å². The number of ether oxygens (including phenoxy) is 3. The van der Waals surface area contributed by atoms with Crippen LogP contribution in [0.15, 0.2) is 36.4 Å². The smallest absolute Gasteiger partial charge is 0.293 e. The summed E-state index contributed by atoms with van der Waals surface area (Å²) in [6.45, 7) is 2.74. The Morgan fingerprint density at radius 2 is 1.90 bits per heavy atom. The first kappa shape index (κ1) is 19.0. The highest BCUT2D eigenvalue weighted by Crippen LogP contribution is 2.33. The van der Waals surface area contributed by atoms with Crippen LogP contribution >= 0.6 is 0 Å². The van der Waals surface area contributed by atoms with Gasteiger partial charge in [-0.1, -0.05) is 6.07 Å². The van der Waals surface area contributed by atoms with Crippen LogP contribution in [0.2, 0.25) is 0 Å². The third-order valence-electron chi connectivity index (χ3n) is 4.97. The van der Waals surface area contributed by atoms with E-state index in [4.69, 9.17) is 14.2 Å². The molecule has 0 aromatic heterocycles. The molecular formula is C20H21N3O6. The van der Waals surface area contributed by atoms with Crippen LogP contribution in [0.3, 0.4) is 0 Å². The van der Waals surface area contributed by atoms with Gasteiger partial charge in [-0.15, -0.1) is 0 Å². The van der Waals surface area contributed by atoms with Crippen LogP contribution in [0.4, 0.5) is 11.4 Å². The quantitative estimate of drug-likeness (QED) is 0.563. The normalized spacial score (nSPS) is 15.3. The molecule has 9 nitrogen and oxygen atoms in total. The first-order valence-electron chi connectivity index (χ1n) is 9.28. The third-order valence-corrected chi connectivity index (χ3v) is 4.97. The number of benzene rings is 2. The lowest BCUT2D eigenvalue weighted by Crippen LogP contribution is -2.36. The highest BCUT2D eigenvalue weighted by atomic mass is 16.7. The van der Waals surface area contributed by atoms with Gasteiger partial charge in [0.2, 0.25) is 6.79 Å². The number of nitrogens with zero attached hydrogens (tertiary/aromatic N) is 3. The summed E-state index contributed by atoms with van der Waals surface area (Å²) in [6, 6.07) is 10.1. The first-order valence-corrected chi connectivity index (χ1v) is 9.28. The Hall–Kier alpha value is -3.33. The second-order valence-corrected chi connectivity index (χ2v) is 6.91. The van der Waals surface area contributed by atoms with Gasteiger partial charge in [0.25, 0.3) is 11.6 Å². The van der Waals surface area contributed by atoms with Crippen molar-refractivity contribution in [3.63, 3.8) is 0 Å². The molecule has 29 heavy (non-hydrogen) atoms. The number of hydrogen-bond donors (Lipinski definition) is 0. The maximum Gasteiger partial charge on any atom is 0.293 e. The van der Waals surface area contributed by atoms with Crippen LogP contribution in [0, 0.1) is 10.1 Å². The molecule has 0 spiro atoms. The average molecular weight is 399 g/mol. The summed E-state index contributed by atoms with van der Waals surface area (Å²) in [5, 5.41) is 11.6. The van der Waals surface area contributed by atoms with Crippen LogP contribution in [0.1, 0.15) is 15.9 Å². The van der Waals surface area contributed by atoms with E-state index >= 15 is 0 Å². The van der Waals surface area contributed by atoms with Gasteiger partial charge in [0.05, 0.1) is 18.1 Å². The van der Waals surface area contributed by atoms with E-state index in [1.807, 2.05) is 17.0 Å². The molecule has 152 valence electrons. The summed E-state index contributed by atoms with van der Waals surface area (Å²) in [7, 11) is 1.66. The molecule has 0 aliphatic carbocycles. The van der Waals surface area contributed by atoms with E-state index in [0.717, 1.165) is 5.56 Å². The monoisotopic (exact) mass is 399 g/mol. The minimum absolute atomic E-state index is 0.0748. The standard InChI is InChI=1S/C20H21N3O6/c1-21(12-14-2-5-18-19(10-14)29-13-28-18)20(24)15-3-4-16(17(11-15)23(25)26)22-6-8-27-9-7-22/h2-5,10-11H,6-9,12-13H2,1H3. The second kappa shape index (κ2) is 7.96. The molecule has 4 rings (SSSR count). The molecule has 0 N–H and O–H groups in total. The van der Waals surface area contributed by atoms with E-state index in [9.17, 15) is 14.9 Å². The highest BCUT2D eigenvalue weighted by molar-refractivity contribution is 5.95. The van der Waals surface area contributed by atoms with E-state index in [1.165, 1.54) is 11.0 Å². The number of carbonyl (C=O) groups excluding carboxylic acids is 1. The molecule has 2 aliphatic rings. The largest absolute Gasteiger partial charge is 0.454 e. The van der Waals surface area contributed by atoms with Gasteiger partial charge in [-0.2, -0.15) is 0 Å². The molecule has 0 unspecified atom stereocenters. The van der Waals surface area contributed by atoms with Gasteiger partial charge in [-0.3, -0.25) is 14.9 Å². The van der Waals surface area contributed by atoms with Crippen molar-refractivity contribution in [1.29, 1.82) is 0 Å². The van der Waals surface area contributed by atoms with Crippen LogP contribution < -0.4 is 14.4 Å². The summed E-state index contributed by atoms with van der Waals surface area (Å²) in [4.78, 5) is 27.4. The summed E-state index contributed by atoms with van der Waals surface area (Å²) in [6.07, 6.45) is 0. The van der Waals surface area contributed by atoms with Crippen molar-refractivity contribution in [2.24, 2.45) is 0 Å². The maximum absolute atomic E-state index is 12.9. The molecule has 2 aliphatic heterocycles. The molecule has 1 fully saturated rings. The number of nitro groups is 1. The van der Waals surface area contributed by atoms with E-state index in [2.05, 4.69) is 0 Å². The van der Waals surface area contributed by atoms with Gasteiger partial charge < -0.3 is 24.0 Å². The zero-order valence-corrected chi connectivity index (χ0v) is 16.0. The van der Waals surface area contributed by atoms with E-state index in [-0.39, 0.29) is 24.0 Å². The van der Waals surface area contributed by atoms with Crippen molar-refractivity contribution in [2.45, 2.75) is 6.54 Å². The van der Waals surface area contributed by atoms with Gasteiger partial charge in [0.1, 0.15) is 5.69 Å². The van der Waals surface area contributed by atoms with Crippen LogP contribution in [0.5, 0.6) is 11.5 Å². The zero-order chi connectivity index (χ0) is 20.4. The van der Waals surface area contributed by atoms with E-state index in [0.29, 0.717) is 50.0 Å². The van der Waals surface area contributed by atoms with Gasteiger partial charge in [0.15, 0.2) is 11.5 Å². The molecule has 2 aromatic rings. The van der Waals surface area contributed by atoms with Crippen molar-refractivity contribution in [1.82, 2.24) is 4.90 Å². The topological polar surface area (TPSA) is 94.4 Å². The fourth-order valence-electron chi connectivity index (χ4n) is 3.48. The third kappa shape index (κ3) is 3.95. The fourth-order valence-corrected chi connectivity index (χ4v) is 3.48. The minimum atomic E-state index is -0.445. The molecule has 0 saturated carbocycles. The molecule has 1 saturated heterocycles. The lowest BCUT2D eigenvalue weighted by atomic mass is 10.1. The molecule has 2 aromatic carbocycles. The molecular weight excluding hydrogens is 378 g/mol. The minimum Gasteiger partial charge on any atom is -0.454 e. The van der Waals surface area contributed by atoms with Crippen molar-refractivity contribution in [3.05, 3.63) is 57.6 Å². The zero-order valence-electron chi connectivity index (χ0n) is 16.0. The highest BCUT2D eigenvalue weighted by Gasteiger charge is 2.24. The van der Waals surface area contributed by atoms with Crippen LogP contribution in [0.25, 0.3) is 0 Å². The Balaban J connectivity index is 1.52. The summed E-state index contributed by atoms with van der Waals surface area (Å²) in [5.41, 5.74) is 1.59. The number of amides is 1. The number of carbonyl (C=O) groups is 1. The first-order chi connectivity index (χ1) is 14.0. The Morgan fingerprint density at radius 3 is 2.66 bits per heavy atom. The molecule has 2 heterocycles. The summed E-state index contributed by atoms with van der Waals surface area (Å²) >= 11 is 0. The molecule has 0 atom stereocenters. The lowest BCUT2D eigenvalue weighted by molar-refractivity contribution is -0.384. The van der Waals surface area contributed by atoms with Crippen LogP contribution in [-0.2, 0) is 11.3 Å². The SMILES string of the molecule is CN(Cc1ccc2c(c1)OCO2)C(=O)c1ccc(N2CCOCC2)c([N+](=O)[O-])c1. The predicted octanol–water partition coefficient (Wildman–Crippen LogP) is 2.43. The van der Waals surface area contributed by atoms with Crippen molar-refractivity contribution >= 4 is 17.3 Å². The summed E-state index contributed by atoms with van der Waals surface area (Å²) < 4.78 is 16.0. The van der Waals surface area contributed by atoms with Crippen molar-refractivity contribution < 1.29 is 23.9 Å². The number of anilines is 1. The Kier molecular flexibility index (Phi) is 5.22. The van der Waals surface area contributed by atoms with Crippen LogP contribution in [-0.4, -0.2) is 55.9 Å². The van der Waals surface area contributed by atoms with E-state index in [1.54, 1.807) is 25.2 Å². The van der Waals surface area contributed by atoms with Crippen molar-refractivity contribution in [2.75, 3.05) is 45.0 Å². The van der Waals surface area contributed by atoms with Gasteiger partial charge in [-0.25, -0.2) is 0 Å². The Morgan fingerprint density at radius 1 is 1.14 bits per heavy atom. The number of rotatable bonds is 5.